The molecule has 0 bridgehead atoms. The second kappa shape index (κ2) is 5.94. The van der Waals surface area contributed by atoms with Gasteiger partial charge in [-0.3, -0.25) is 0 Å². The van der Waals surface area contributed by atoms with Crippen LogP contribution in [0.3, 0.4) is 0 Å². The standard InChI is InChI=1S/C14H24N4O/c1-9(7-15)13-10(2)16-14(17-11(13)3)12-8-18(4)5-6-19-12/h9,12H,5-8,15H2,1-4H3. The maximum atomic E-state index is 5.78. The molecule has 2 atom stereocenters. The van der Waals surface area contributed by atoms with Gasteiger partial charge in [0.25, 0.3) is 0 Å². The Labute approximate surface area is 115 Å². The van der Waals surface area contributed by atoms with E-state index in [9.17, 15) is 0 Å². The Morgan fingerprint density at radius 3 is 2.53 bits per heavy atom. The zero-order valence-electron chi connectivity index (χ0n) is 12.3. The van der Waals surface area contributed by atoms with Crippen LogP contribution < -0.4 is 5.73 Å². The van der Waals surface area contributed by atoms with Crippen molar-refractivity contribution in [3.8, 4) is 0 Å². The molecular formula is C14H24N4O. The van der Waals surface area contributed by atoms with E-state index in [4.69, 9.17) is 10.5 Å². The Kier molecular flexibility index (Phi) is 4.50. The Balaban J connectivity index is 2.29. The number of nitrogens with zero attached hydrogens (tertiary/aromatic N) is 3. The van der Waals surface area contributed by atoms with E-state index in [-0.39, 0.29) is 6.10 Å². The summed E-state index contributed by atoms with van der Waals surface area (Å²) in [5, 5.41) is 0. The SMILES string of the molecule is Cc1nc(C2CN(C)CCO2)nc(C)c1C(C)CN. The molecule has 1 aliphatic rings. The number of rotatable bonds is 3. The number of ether oxygens (including phenoxy) is 1. The molecule has 1 aliphatic heterocycles. The van der Waals surface area contributed by atoms with Gasteiger partial charge in [-0.2, -0.15) is 0 Å². The van der Waals surface area contributed by atoms with Gasteiger partial charge in [-0.15, -0.1) is 0 Å². The van der Waals surface area contributed by atoms with Crippen LogP contribution in [0.5, 0.6) is 0 Å². The molecule has 5 heteroatoms. The average Bonchev–Trinajstić information content (AvgIpc) is 2.37. The first-order valence-electron chi connectivity index (χ1n) is 6.88. The number of likely N-dealkylation sites (N-methyl/N-ethyl adjacent to an activating group) is 1. The summed E-state index contributed by atoms with van der Waals surface area (Å²) < 4.78 is 5.78. The number of aromatic nitrogens is 2. The van der Waals surface area contributed by atoms with Crippen molar-refractivity contribution in [2.75, 3.05) is 33.3 Å². The van der Waals surface area contributed by atoms with Crippen molar-refractivity contribution in [3.63, 3.8) is 0 Å². The van der Waals surface area contributed by atoms with Crippen LogP contribution in [0, 0.1) is 13.8 Å². The lowest BCUT2D eigenvalue weighted by atomic mass is 9.98. The van der Waals surface area contributed by atoms with E-state index in [2.05, 4.69) is 28.8 Å². The van der Waals surface area contributed by atoms with Crippen LogP contribution in [0.25, 0.3) is 0 Å². The summed E-state index contributed by atoms with van der Waals surface area (Å²) in [6.45, 7) is 9.36. The molecule has 0 radical (unpaired) electrons. The number of hydrogen-bond donors (Lipinski definition) is 1. The Bertz CT molecular complexity index is 426. The fourth-order valence-corrected chi connectivity index (χ4v) is 2.66. The Morgan fingerprint density at radius 2 is 2.00 bits per heavy atom. The highest BCUT2D eigenvalue weighted by Crippen LogP contribution is 2.24. The van der Waals surface area contributed by atoms with Crippen LogP contribution in [-0.2, 0) is 4.74 Å². The van der Waals surface area contributed by atoms with Gasteiger partial charge in [0.05, 0.1) is 6.61 Å². The van der Waals surface area contributed by atoms with E-state index in [1.165, 1.54) is 5.56 Å². The lowest BCUT2D eigenvalue weighted by molar-refractivity contribution is -0.0256. The highest BCUT2D eigenvalue weighted by atomic mass is 16.5. The molecule has 1 fully saturated rings. The summed E-state index contributed by atoms with van der Waals surface area (Å²) in [5.41, 5.74) is 8.98. The number of nitrogens with two attached hydrogens (primary N) is 1. The molecule has 0 aliphatic carbocycles. The molecule has 106 valence electrons. The summed E-state index contributed by atoms with van der Waals surface area (Å²) in [7, 11) is 2.10. The van der Waals surface area contributed by atoms with Crippen molar-refractivity contribution in [2.24, 2.45) is 5.73 Å². The Hall–Kier alpha value is -1.04. The number of morpholine rings is 1. The first-order chi connectivity index (χ1) is 9.02. The fraction of sp³-hybridized carbons (Fsp3) is 0.714. The number of hydrogen-bond acceptors (Lipinski definition) is 5. The van der Waals surface area contributed by atoms with E-state index >= 15 is 0 Å². The second-order valence-electron chi connectivity index (χ2n) is 5.42. The highest BCUT2D eigenvalue weighted by Gasteiger charge is 2.24. The topological polar surface area (TPSA) is 64.3 Å². The van der Waals surface area contributed by atoms with Gasteiger partial charge in [0.15, 0.2) is 5.82 Å². The first-order valence-corrected chi connectivity index (χ1v) is 6.88. The van der Waals surface area contributed by atoms with Crippen molar-refractivity contribution in [2.45, 2.75) is 32.8 Å². The lowest BCUT2D eigenvalue weighted by Crippen LogP contribution is -2.36. The molecule has 0 saturated carbocycles. The zero-order valence-corrected chi connectivity index (χ0v) is 12.3. The molecular weight excluding hydrogens is 240 g/mol. The average molecular weight is 264 g/mol. The van der Waals surface area contributed by atoms with Gasteiger partial charge in [0.1, 0.15) is 6.10 Å². The van der Waals surface area contributed by atoms with Crippen LogP contribution in [-0.4, -0.2) is 48.2 Å². The Morgan fingerprint density at radius 1 is 1.37 bits per heavy atom. The highest BCUT2D eigenvalue weighted by molar-refractivity contribution is 5.28. The molecule has 0 spiro atoms. The quantitative estimate of drug-likeness (QED) is 0.887. The molecule has 2 unspecified atom stereocenters. The van der Waals surface area contributed by atoms with Gasteiger partial charge < -0.3 is 15.4 Å². The molecule has 0 aromatic carbocycles. The van der Waals surface area contributed by atoms with Crippen molar-refractivity contribution >= 4 is 0 Å². The second-order valence-corrected chi connectivity index (χ2v) is 5.42. The molecule has 19 heavy (non-hydrogen) atoms. The maximum Gasteiger partial charge on any atom is 0.158 e. The third kappa shape index (κ3) is 3.11. The molecule has 2 heterocycles. The molecule has 1 aromatic heterocycles. The lowest BCUT2D eigenvalue weighted by Gasteiger charge is -2.29. The normalized spacial score (nSPS) is 22.5. The van der Waals surface area contributed by atoms with Crippen molar-refractivity contribution in [3.05, 3.63) is 22.8 Å². The smallest absolute Gasteiger partial charge is 0.158 e. The van der Waals surface area contributed by atoms with Gasteiger partial charge >= 0.3 is 0 Å². The molecule has 2 rings (SSSR count). The van der Waals surface area contributed by atoms with Crippen LogP contribution >= 0.6 is 0 Å². The third-order valence-corrected chi connectivity index (χ3v) is 3.75. The van der Waals surface area contributed by atoms with E-state index in [0.29, 0.717) is 12.5 Å². The summed E-state index contributed by atoms with van der Waals surface area (Å²) in [6, 6.07) is 0. The zero-order chi connectivity index (χ0) is 14.0. The molecule has 5 nitrogen and oxygen atoms in total. The van der Waals surface area contributed by atoms with Crippen LogP contribution in [0.1, 0.15) is 41.7 Å². The van der Waals surface area contributed by atoms with E-state index in [1.807, 2.05) is 13.8 Å². The van der Waals surface area contributed by atoms with Crippen LogP contribution in [0.2, 0.25) is 0 Å². The predicted octanol–water partition coefficient (Wildman–Crippen LogP) is 1.16. The van der Waals surface area contributed by atoms with Gasteiger partial charge in [0, 0.05) is 24.5 Å². The van der Waals surface area contributed by atoms with Crippen molar-refractivity contribution in [1.29, 1.82) is 0 Å². The van der Waals surface area contributed by atoms with E-state index < -0.39 is 0 Å². The monoisotopic (exact) mass is 264 g/mol. The predicted molar refractivity (Wildman–Crippen MR) is 75.2 cm³/mol. The molecule has 1 aromatic rings. The maximum absolute atomic E-state index is 5.78. The summed E-state index contributed by atoms with van der Waals surface area (Å²) >= 11 is 0. The first kappa shape index (κ1) is 14.4. The molecule has 0 amide bonds. The summed E-state index contributed by atoms with van der Waals surface area (Å²) in [6.07, 6.45) is -0.0154. The van der Waals surface area contributed by atoms with Gasteiger partial charge in [-0.05, 0) is 38.9 Å². The molecule has 1 saturated heterocycles. The minimum absolute atomic E-state index is 0.0154. The fourth-order valence-electron chi connectivity index (χ4n) is 2.66. The third-order valence-electron chi connectivity index (χ3n) is 3.75. The van der Waals surface area contributed by atoms with E-state index in [0.717, 1.165) is 36.9 Å². The van der Waals surface area contributed by atoms with Crippen molar-refractivity contribution < 1.29 is 4.74 Å². The van der Waals surface area contributed by atoms with Crippen LogP contribution in [0.15, 0.2) is 0 Å². The minimum Gasteiger partial charge on any atom is -0.368 e. The summed E-state index contributed by atoms with van der Waals surface area (Å²) in [5.74, 6) is 1.10. The largest absolute Gasteiger partial charge is 0.368 e. The minimum atomic E-state index is -0.0154. The number of aryl methyl sites for hydroxylation is 2. The van der Waals surface area contributed by atoms with Gasteiger partial charge in [-0.1, -0.05) is 6.92 Å². The molecule has 2 N–H and O–H groups in total. The summed E-state index contributed by atoms with van der Waals surface area (Å²) in [4.78, 5) is 11.5. The van der Waals surface area contributed by atoms with Crippen molar-refractivity contribution in [1.82, 2.24) is 14.9 Å². The van der Waals surface area contributed by atoms with Gasteiger partial charge in [0.2, 0.25) is 0 Å². The van der Waals surface area contributed by atoms with E-state index in [1.54, 1.807) is 0 Å². The van der Waals surface area contributed by atoms with Crippen LogP contribution in [0.4, 0.5) is 0 Å². The van der Waals surface area contributed by atoms with Gasteiger partial charge in [-0.25, -0.2) is 9.97 Å².